The fraction of sp³-hybridized carbons (Fsp3) is 0.154. The van der Waals surface area contributed by atoms with Gasteiger partial charge in [0.05, 0.1) is 23.1 Å². The Balaban J connectivity index is 1.55. The third kappa shape index (κ3) is 6.31. The van der Waals surface area contributed by atoms with Crippen LogP contribution in [-0.4, -0.2) is 22.7 Å². The molecule has 1 aliphatic rings. The molecule has 10 heteroatoms. The average molecular weight is 583 g/mol. The Bertz CT molecular complexity index is 1340. The first-order chi connectivity index (χ1) is 17.2. The second-order valence-electron chi connectivity index (χ2n) is 7.68. The Morgan fingerprint density at radius 1 is 0.889 bits per heavy atom. The van der Waals surface area contributed by atoms with E-state index in [0.717, 1.165) is 22.2 Å². The first kappa shape index (κ1) is 26.7. The number of ether oxygens (including phenoxy) is 2. The molecule has 0 unspecified atom stereocenters. The van der Waals surface area contributed by atoms with Crippen molar-refractivity contribution in [1.82, 2.24) is 4.90 Å². The van der Waals surface area contributed by atoms with Gasteiger partial charge in [0, 0.05) is 15.1 Å². The zero-order valence-electron chi connectivity index (χ0n) is 18.9. The van der Waals surface area contributed by atoms with Gasteiger partial charge in [0.25, 0.3) is 11.1 Å². The van der Waals surface area contributed by atoms with E-state index in [2.05, 4.69) is 0 Å². The minimum Gasteiger partial charge on any atom is -0.490 e. The van der Waals surface area contributed by atoms with Crippen LogP contribution >= 0.6 is 58.2 Å². The molecule has 0 bridgehead atoms. The molecule has 0 radical (unpaired) electrons. The lowest BCUT2D eigenvalue weighted by molar-refractivity contribution is -0.123. The number of benzene rings is 3. The molecule has 0 saturated carbocycles. The number of carbonyl (C=O) groups is 2. The molecule has 1 heterocycles. The van der Waals surface area contributed by atoms with Crippen molar-refractivity contribution in [3.63, 3.8) is 0 Å². The number of hydrogen-bond acceptors (Lipinski definition) is 5. The van der Waals surface area contributed by atoms with Crippen LogP contribution in [0.1, 0.15) is 23.6 Å². The number of thioether (sulfide) groups is 1. The van der Waals surface area contributed by atoms with Crippen molar-refractivity contribution in [1.29, 1.82) is 0 Å². The van der Waals surface area contributed by atoms with Gasteiger partial charge in [-0.1, -0.05) is 64.6 Å². The largest absolute Gasteiger partial charge is 0.490 e. The van der Waals surface area contributed by atoms with E-state index in [1.54, 1.807) is 48.5 Å². The van der Waals surface area contributed by atoms with Crippen LogP contribution in [0, 0.1) is 0 Å². The minimum atomic E-state index is -0.423. The van der Waals surface area contributed by atoms with Gasteiger partial charge >= 0.3 is 0 Å². The number of carbonyl (C=O) groups excluding carboxylic acids is 2. The summed E-state index contributed by atoms with van der Waals surface area (Å²) in [6, 6.07) is 15.6. The van der Waals surface area contributed by atoms with Gasteiger partial charge in [-0.05, 0) is 77.9 Å². The van der Waals surface area contributed by atoms with Crippen LogP contribution in [0.5, 0.6) is 11.5 Å². The summed E-state index contributed by atoms with van der Waals surface area (Å²) in [4.78, 5) is 27.0. The van der Waals surface area contributed by atoms with Gasteiger partial charge in [-0.25, -0.2) is 0 Å². The number of imide groups is 1. The van der Waals surface area contributed by atoms with Crippen molar-refractivity contribution >= 4 is 75.4 Å². The lowest BCUT2D eigenvalue weighted by Crippen LogP contribution is -2.27. The van der Waals surface area contributed by atoms with Crippen molar-refractivity contribution < 1.29 is 19.1 Å². The van der Waals surface area contributed by atoms with E-state index in [-0.39, 0.29) is 18.1 Å². The maximum absolute atomic E-state index is 13.0. The molecule has 4 rings (SSSR count). The Labute approximate surface area is 232 Å². The highest BCUT2D eigenvalue weighted by Crippen LogP contribution is 2.40. The van der Waals surface area contributed by atoms with Crippen molar-refractivity contribution in [3.05, 3.63) is 96.3 Å². The lowest BCUT2D eigenvalue weighted by atomic mass is 10.1. The smallest absolute Gasteiger partial charge is 0.293 e. The second-order valence-corrected chi connectivity index (χ2v) is 10.4. The van der Waals surface area contributed by atoms with Crippen molar-refractivity contribution in [3.8, 4) is 11.5 Å². The monoisotopic (exact) mass is 581 g/mol. The maximum Gasteiger partial charge on any atom is 0.293 e. The average Bonchev–Trinajstić information content (AvgIpc) is 3.08. The third-order valence-electron chi connectivity index (χ3n) is 5.14. The van der Waals surface area contributed by atoms with Crippen LogP contribution in [0.2, 0.25) is 20.1 Å². The fourth-order valence-corrected chi connectivity index (χ4v) is 5.12. The molecule has 0 spiro atoms. The highest BCUT2D eigenvalue weighted by Gasteiger charge is 2.35. The van der Waals surface area contributed by atoms with Crippen LogP contribution < -0.4 is 9.47 Å². The predicted octanol–water partition coefficient (Wildman–Crippen LogP) is 8.51. The second kappa shape index (κ2) is 11.8. The molecular formula is C26H19Cl4NO4S. The van der Waals surface area contributed by atoms with Crippen LogP contribution in [0.4, 0.5) is 4.79 Å². The van der Waals surface area contributed by atoms with Gasteiger partial charge < -0.3 is 9.47 Å². The van der Waals surface area contributed by atoms with E-state index in [1.807, 2.05) is 19.1 Å². The molecule has 36 heavy (non-hydrogen) atoms. The van der Waals surface area contributed by atoms with Crippen LogP contribution in [0.3, 0.4) is 0 Å². The summed E-state index contributed by atoms with van der Waals surface area (Å²) in [5.74, 6) is 0.390. The number of hydrogen-bond donors (Lipinski definition) is 0. The first-order valence-corrected chi connectivity index (χ1v) is 13.1. The highest BCUT2D eigenvalue weighted by molar-refractivity contribution is 8.18. The summed E-state index contributed by atoms with van der Waals surface area (Å²) in [7, 11) is 0. The molecule has 3 aromatic rings. The Morgan fingerprint density at radius 2 is 1.61 bits per heavy atom. The summed E-state index contributed by atoms with van der Waals surface area (Å²) in [5, 5.41) is 1.41. The molecule has 3 aromatic carbocycles. The third-order valence-corrected chi connectivity index (χ3v) is 7.17. The van der Waals surface area contributed by atoms with Crippen molar-refractivity contribution in [2.24, 2.45) is 0 Å². The van der Waals surface area contributed by atoms with Crippen LogP contribution in [-0.2, 0) is 17.9 Å². The molecule has 186 valence electrons. The van der Waals surface area contributed by atoms with E-state index < -0.39 is 11.1 Å². The van der Waals surface area contributed by atoms with E-state index >= 15 is 0 Å². The predicted molar refractivity (Wildman–Crippen MR) is 146 cm³/mol. The zero-order valence-corrected chi connectivity index (χ0v) is 22.7. The van der Waals surface area contributed by atoms with Crippen LogP contribution in [0.15, 0.2) is 59.5 Å². The first-order valence-electron chi connectivity index (χ1n) is 10.8. The number of rotatable bonds is 8. The summed E-state index contributed by atoms with van der Waals surface area (Å²) in [6.07, 6.45) is 1.60. The van der Waals surface area contributed by atoms with E-state index in [9.17, 15) is 9.59 Å². The quantitative estimate of drug-likeness (QED) is 0.249. The van der Waals surface area contributed by atoms with Crippen molar-refractivity contribution in [2.45, 2.75) is 20.1 Å². The molecule has 0 aliphatic carbocycles. The summed E-state index contributed by atoms with van der Waals surface area (Å²) < 4.78 is 11.7. The van der Waals surface area contributed by atoms with E-state index in [0.29, 0.717) is 49.3 Å². The van der Waals surface area contributed by atoms with Gasteiger partial charge in [0.15, 0.2) is 11.5 Å². The number of halogens is 4. The summed E-state index contributed by atoms with van der Waals surface area (Å²) in [5.41, 5.74) is 2.13. The molecule has 5 nitrogen and oxygen atoms in total. The molecular weight excluding hydrogens is 564 g/mol. The minimum absolute atomic E-state index is 0.0421. The van der Waals surface area contributed by atoms with Crippen LogP contribution in [0.25, 0.3) is 6.08 Å². The molecule has 1 aliphatic heterocycles. The number of amides is 2. The normalized spacial score (nSPS) is 14.6. The summed E-state index contributed by atoms with van der Waals surface area (Å²) in [6.45, 7) is 2.54. The molecule has 0 aromatic heterocycles. The Morgan fingerprint density at radius 3 is 2.31 bits per heavy atom. The zero-order chi connectivity index (χ0) is 25.8. The van der Waals surface area contributed by atoms with Crippen molar-refractivity contribution in [2.75, 3.05) is 6.61 Å². The van der Waals surface area contributed by atoms with Gasteiger partial charge in [0.2, 0.25) is 0 Å². The van der Waals surface area contributed by atoms with E-state index in [4.69, 9.17) is 55.9 Å². The molecule has 0 atom stereocenters. The molecule has 2 amide bonds. The SMILES string of the molecule is CCOc1cc(/C=C2\SC(=O)N(Cc3ccc(Cl)cc3Cl)C2=O)cc(Cl)c1OCc1ccc(Cl)cc1. The molecule has 0 N–H and O–H groups in total. The van der Waals surface area contributed by atoms with Gasteiger partial charge in [-0.3, -0.25) is 14.5 Å². The Hall–Kier alpha value is -2.35. The van der Waals surface area contributed by atoms with Gasteiger partial charge in [-0.15, -0.1) is 0 Å². The molecule has 1 fully saturated rings. The topological polar surface area (TPSA) is 55.8 Å². The van der Waals surface area contributed by atoms with Gasteiger partial charge in [-0.2, -0.15) is 0 Å². The highest BCUT2D eigenvalue weighted by atomic mass is 35.5. The Kier molecular flexibility index (Phi) is 8.75. The molecule has 1 saturated heterocycles. The van der Waals surface area contributed by atoms with E-state index in [1.165, 1.54) is 0 Å². The summed E-state index contributed by atoms with van der Waals surface area (Å²) >= 11 is 25.5. The number of nitrogens with zero attached hydrogens (tertiary/aromatic N) is 1. The maximum atomic E-state index is 13.0. The van der Waals surface area contributed by atoms with Gasteiger partial charge in [0.1, 0.15) is 6.61 Å². The standard InChI is InChI=1S/C26H19Cl4NO4S/c1-2-34-22-10-16(9-21(30)24(22)35-14-15-3-6-18(27)7-4-15)11-23-25(32)31(26(33)36-23)13-17-5-8-19(28)12-20(17)29/h3-12H,2,13-14H2,1H3/b23-11-. The lowest BCUT2D eigenvalue weighted by Gasteiger charge is -2.15. The fourth-order valence-electron chi connectivity index (χ4n) is 3.42.